The molecule has 2 atom stereocenters. The largest absolute Gasteiger partial charge is 0.357 e. The molecule has 0 radical (unpaired) electrons. The van der Waals surface area contributed by atoms with Gasteiger partial charge in [-0.05, 0) is 49.3 Å². The maximum Gasteiger partial charge on any atom is 0.238 e. The maximum atomic E-state index is 11.5. The fraction of sp³-hybridized carbons (Fsp3) is 0.611. The summed E-state index contributed by atoms with van der Waals surface area (Å²) in [6.07, 6.45) is 5.36. The molecule has 146 valence electrons. The third kappa shape index (κ3) is 5.32. The van der Waals surface area contributed by atoms with Gasteiger partial charge in [0.2, 0.25) is 10.0 Å². The number of sulfonamides is 1. The Bertz CT molecular complexity index is 724. The molecule has 2 aliphatic rings. The van der Waals surface area contributed by atoms with E-state index in [9.17, 15) is 8.42 Å². The van der Waals surface area contributed by atoms with E-state index in [0.717, 1.165) is 43.0 Å². The van der Waals surface area contributed by atoms with Crippen molar-refractivity contribution in [3.63, 3.8) is 0 Å². The Morgan fingerprint density at radius 2 is 1.92 bits per heavy atom. The van der Waals surface area contributed by atoms with Crippen molar-refractivity contribution in [2.24, 2.45) is 22.0 Å². The number of hydrogen-bond donors (Lipinski definition) is 2. The van der Waals surface area contributed by atoms with Crippen LogP contribution >= 0.6 is 24.0 Å². The van der Waals surface area contributed by atoms with Crippen LogP contribution in [0.1, 0.15) is 38.2 Å². The van der Waals surface area contributed by atoms with Gasteiger partial charge >= 0.3 is 0 Å². The molecular weight excluding hydrogens is 463 g/mol. The molecule has 1 aromatic rings. The summed E-state index contributed by atoms with van der Waals surface area (Å²) in [5, 5.41) is 8.59. The van der Waals surface area contributed by atoms with Gasteiger partial charge in [-0.3, -0.25) is 0 Å². The number of fused-ring (bicyclic) bond motifs is 1. The summed E-state index contributed by atoms with van der Waals surface area (Å²) in [5.74, 6) is 2.52. The van der Waals surface area contributed by atoms with Gasteiger partial charge in [-0.2, -0.15) is 0 Å². The molecule has 8 heteroatoms. The Labute approximate surface area is 173 Å². The molecule has 0 aromatic heterocycles. The molecule has 2 fully saturated rings. The molecule has 1 aromatic carbocycles. The highest BCUT2D eigenvalue weighted by molar-refractivity contribution is 14.0. The molecule has 0 amide bonds. The number of primary sulfonamides is 1. The Morgan fingerprint density at radius 1 is 1.27 bits per heavy atom. The van der Waals surface area contributed by atoms with E-state index >= 15 is 0 Å². The molecular formula is C18H29IN4O2S. The second-order valence-electron chi connectivity index (χ2n) is 7.07. The lowest BCUT2D eigenvalue weighted by atomic mass is 9.82. The number of rotatable bonds is 4. The van der Waals surface area contributed by atoms with Crippen molar-refractivity contribution in [2.75, 3.05) is 19.6 Å². The van der Waals surface area contributed by atoms with Gasteiger partial charge in [0.25, 0.3) is 0 Å². The van der Waals surface area contributed by atoms with Crippen molar-refractivity contribution in [3.05, 3.63) is 29.8 Å². The van der Waals surface area contributed by atoms with E-state index in [1.165, 1.54) is 31.7 Å². The number of nitrogens with zero attached hydrogens (tertiary/aromatic N) is 2. The third-order valence-electron chi connectivity index (χ3n) is 5.25. The second kappa shape index (κ2) is 9.36. The molecule has 0 spiro atoms. The molecule has 1 aliphatic heterocycles. The molecule has 3 rings (SSSR count). The van der Waals surface area contributed by atoms with E-state index in [2.05, 4.69) is 17.1 Å². The van der Waals surface area contributed by atoms with Crippen LogP contribution in [-0.4, -0.2) is 38.9 Å². The summed E-state index contributed by atoms with van der Waals surface area (Å²) < 4.78 is 23.0. The van der Waals surface area contributed by atoms with Crippen LogP contribution in [0.25, 0.3) is 0 Å². The highest BCUT2D eigenvalue weighted by atomic mass is 127. The molecule has 3 N–H and O–H groups in total. The fourth-order valence-electron chi connectivity index (χ4n) is 3.99. The number of nitrogens with two attached hydrogens (primary N) is 1. The summed E-state index contributed by atoms with van der Waals surface area (Å²) in [6, 6.07) is 6.71. The van der Waals surface area contributed by atoms with E-state index in [4.69, 9.17) is 10.1 Å². The average molecular weight is 492 g/mol. The number of benzene rings is 1. The first-order valence-corrected chi connectivity index (χ1v) is 10.7. The molecule has 1 aliphatic carbocycles. The third-order valence-corrected chi connectivity index (χ3v) is 6.16. The van der Waals surface area contributed by atoms with Crippen LogP contribution < -0.4 is 10.5 Å². The first kappa shape index (κ1) is 21.4. The zero-order valence-electron chi connectivity index (χ0n) is 15.2. The average Bonchev–Trinajstić information content (AvgIpc) is 3.02. The lowest BCUT2D eigenvalue weighted by Crippen LogP contribution is -2.40. The topological polar surface area (TPSA) is 87.8 Å². The van der Waals surface area contributed by atoms with Crippen molar-refractivity contribution >= 4 is 40.0 Å². The monoisotopic (exact) mass is 492 g/mol. The Balaban J connectivity index is 0.00000243. The Hall–Kier alpha value is -0.870. The predicted octanol–water partition coefficient (Wildman–Crippen LogP) is 2.54. The lowest BCUT2D eigenvalue weighted by Gasteiger charge is -2.22. The van der Waals surface area contributed by atoms with Gasteiger partial charge in [-0.1, -0.05) is 25.0 Å². The summed E-state index contributed by atoms with van der Waals surface area (Å²) in [6.45, 7) is 5.49. The number of likely N-dealkylation sites (tertiary alicyclic amines) is 1. The first-order chi connectivity index (χ1) is 12.0. The fourth-order valence-corrected chi connectivity index (χ4v) is 4.58. The zero-order valence-corrected chi connectivity index (χ0v) is 18.4. The molecule has 26 heavy (non-hydrogen) atoms. The Morgan fingerprint density at radius 3 is 2.50 bits per heavy atom. The smallest absolute Gasteiger partial charge is 0.238 e. The normalized spacial score (nSPS) is 23.3. The lowest BCUT2D eigenvalue weighted by molar-refractivity contribution is 0.299. The number of guanidine groups is 1. The quantitative estimate of drug-likeness (QED) is 0.384. The zero-order chi connectivity index (χ0) is 17.9. The van der Waals surface area contributed by atoms with Gasteiger partial charge in [-0.25, -0.2) is 18.5 Å². The second-order valence-corrected chi connectivity index (χ2v) is 8.63. The maximum absolute atomic E-state index is 11.5. The number of nitrogens with one attached hydrogen (secondary N) is 1. The standard InChI is InChI=1S/C18H28N4O2S.HI/c1-2-20-18(22-12-15-7-3-4-8-16(15)13-22)21-11-14-6-5-9-17(10-14)25(19,23)24;/h5-6,9-10,15-16H,2-4,7-8,11-13H2,1H3,(H,20,21)(H2,19,23,24);1H. The van der Waals surface area contributed by atoms with Crippen molar-refractivity contribution in [1.29, 1.82) is 0 Å². The molecule has 1 heterocycles. The summed E-state index contributed by atoms with van der Waals surface area (Å²) in [4.78, 5) is 7.25. The summed E-state index contributed by atoms with van der Waals surface area (Å²) >= 11 is 0. The van der Waals surface area contributed by atoms with Crippen molar-refractivity contribution in [1.82, 2.24) is 10.2 Å². The summed E-state index contributed by atoms with van der Waals surface area (Å²) in [7, 11) is -3.68. The minimum atomic E-state index is -3.68. The molecule has 6 nitrogen and oxygen atoms in total. The number of hydrogen-bond acceptors (Lipinski definition) is 3. The minimum Gasteiger partial charge on any atom is -0.357 e. The van der Waals surface area contributed by atoms with Crippen LogP contribution in [-0.2, 0) is 16.6 Å². The summed E-state index contributed by atoms with van der Waals surface area (Å²) in [5.41, 5.74) is 0.846. The SMILES string of the molecule is CCNC(=NCc1cccc(S(N)(=O)=O)c1)N1CC2CCCCC2C1.I. The van der Waals surface area contributed by atoms with E-state index in [0.29, 0.717) is 6.54 Å². The number of aliphatic imine (C=N–C) groups is 1. The van der Waals surface area contributed by atoms with Crippen LogP contribution in [0, 0.1) is 11.8 Å². The van der Waals surface area contributed by atoms with Gasteiger partial charge in [0.1, 0.15) is 0 Å². The van der Waals surface area contributed by atoms with Gasteiger partial charge < -0.3 is 10.2 Å². The minimum absolute atomic E-state index is 0. The van der Waals surface area contributed by atoms with Crippen LogP contribution in [0.3, 0.4) is 0 Å². The molecule has 1 saturated heterocycles. The predicted molar refractivity (Wildman–Crippen MR) is 115 cm³/mol. The highest BCUT2D eigenvalue weighted by Gasteiger charge is 2.35. The number of halogens is 1. The van der Waals surface area contributed by atoms with E-state index in [-0.39, 0.29) is 28.9 Å². The van der Waals surface area contributed by atoms with Crippen molar-refractivity contribution in [3.8, 4) is 0 Å². The van der Waals surface area contributed by atoms with E-state index in [1.807, 2.05) is 6.07 Å². The van der Waals surface area contributed by atoms with Crippen LogP contribution in [0.15, 0.2) is 34.2 Å². The van der Waals surface area contributed by atoms with Gasteiger partial charge in [0, 0.05) is 19.6 Å². The molecule has 1 saturated carbocycles. The first-order valence-electron chi connectivity index (χ1n) is 9.12. The molecule has 0 bridgehead atoms. The van der Waals surface area contributed by atoms with Crippen LogP contribution in [0.4, 0.5) is 0 Å². The molecule has 2 unspecified atom stereocenters. The van der Waals surface area contributed by atoms with E-state index in [1.54, 1.807) is 12.1 Å². The van der Waals surface area contributed by atoms with Crippen LogP contribution in [0.2, 0.25) is 0 Å². The highest BCUT2D eigenvalue weighted by Crippen LogP contribution is 2.36. The van der Waals surface area contributed by atoms with Gasteiger partial charge in [0.15, 0.2) is 5.96 Å². The van der Waals surface area contributed by atoms with E-state index < -0.39 is 10.0 Å². The van der Waals surface area contributed by atoms with Crippen LogP contribution in [0.5, 0.6) is 0 Å². The van der Waals surface area contributed by atoms with Crippen molar-refractivity contribution < 1.29 is 8.42 Å². The Kier molecular flexibility index (Phi) is 7.72. The van der Waals surface area contributed by atoms with Crippen molar-refractivity contribution in [2.45, 2.75) is 44.0 Å². The van der Waals surface area contributed by atoms with Gasteiger partial charge in [-0.15, -0.1) is 24.0 Å². The van der Waals surface area contributed by atoms with Gasteiger partial charge in [0.05, 0.1) is 11.4 Å².